The van der Waals surface area contributed by atoms with Crippen LogP contribution in [0, 0.1) is 6.92 Å². The molecule has 2 aromatic heterocycles. The summed E-state index contributed by atoms with van der Waals surface area (Å²) in [5, 5.41) is 5.68. The van der Waals surface area contributed by atoms with Gasteiger partial charge in [-0.3, -0.25) is 9.78 Å². The molecule has 174 valence electrons. The first kappa shape index (κ1) is 22.5. The number of para-hydroxylation sites is 2. The molecule has 1 aliphatic heterocycles. The molecule has 0 N–H and O–H groups in total. The van der Waals surface area contributed by atoms with E-state index in [4.69, 9.17) is 11.6 Å². The van der Waals surface area contributed by atoms with E-state index in [1.165, 1.54) is 4.31 Å². The fourth-order valence-electron chi connectivity index (χ4n) is 4.09. The summed E-state index contributed by atoms with van der Waals surface area (Å²) in [6.07, 6.45) is 3.35. The summed E-state index contributed by atoms with van der Waals surface area (Å²) in [7, 11) is -3.75. The minimum absolute atomic E-state index is 0.184. The van der Waals surface area contributed by atoms with Crippen molar-refractivity contribution in [1.29, 1.82) is 0 Å². The average molecular weight is 496 g/mol. The fourth-order valence-corrected chi connectivity index (χ4v) is 5.90. The minimum Gasteiger partial charge on any atom is -0.335 e. The van der Waals surface area contributed by atoms with Crippen LogP contribution in [0.5, 0.6) is 0 Å². The maximum absolute atomic E-state index is 13.4. The topological polar surface area (TPSA) is 88.4 Å². The van der Waals surface area contributed by atoms with Gasteiger partial charge in [0.25, 0.3) is 5.91 Å². The number of nitrogens with zero attached hydrogens (tertiary/aromatic N) is 5. The number of hydrogen-bond donors (Lipinski definition) is 0. The quantitative estimate of drug-likeness (QED) is 0.432. The molecule has 10 heteroatoms. The predicted molar refractivity (Wildman–Crippen MR) is 130 cm³/mol. The van der Waals surface area contributed by atoms with Crippen LogP contribution in [-0.2, 0) is 10.0 Å². The van der Waals surface area contributed by atoms with Crippen molar-refractivity contribution in [3.8, 4) is 5.69 Å². The lowest BCUT2D eigenvalue weighted by Crippen LogP contribution is -2.50. The SMILES string of the molecule is Cc1cnc2c(S(=O)(=O)N3CCN(C(=O)c4ccn(-c5ccccc5Cl)n4)CC3)cccc2c1. The number of benzene rings is 2. The van der Waals surface area contributed by atoms with Crippen molar-refractivity contribution in [2.45, 2.75) is 11.8 Å². The molecule has 1 amide bonds. The highest BCUT2D eigenvalue weighted by atomic mass is 35.5. The van der Waals surface area contributed by atoms with Gasteiger partial charge in [0, 0.05) is 44.0 Å². The lowest BCUT2D eigenvalue weighted by atomic mass is 10.2. The molecule has 0 spiro atoms. The Balaban J connectivity index is 1.31. The smallest absolute Gasteiger partial charge is 0.274 e. The molecule has 34 heavy (non-hydrogen) atoms. The van der Waals surface area contributed by atoms with E-state index in [1.54, 1.807) is 46.2 Å². The Labute approximate surface area is 202 Å². The van der Waals surface area contributed by atoms with E-state index < -0.39 is 10.0 Å². The molecule has 0 bridgehead atoms. The van der Waals surface area contributed by atoms with Crippen LogP contribution in [0.1, 0.15) is 16.1 Å². The van der Waals surface area contributed by atoms with Gasteiger partial charge in [0.1, 0.15) is 4.90 Å². The lowest BCUT2D eigenvalue weighted by Gasteiger charge is -2.33. The number of aryl methyl sites for hydroxylation is 1. The largest absolute Gasteiger partial charge is 0.335 e. The molecule has 1 fully saturated rings. The van der Waals surface area contributed by atoms with E-state index in [9.17, 15) is 13.2 Å². The van der Waals surface area contributed by atoms with Crippen molar-refractivity contribution < 1.29 is 13.2 Å². The van der Waals surface area contributed by atoms with E-state index >= 15 is 0 Å². The minimum atomic E-state index is -3.75. The number of piperazine rings is 1. The maximum atomic E-state index is 13.4. The van der Waals surface area contributed by atoms with Crippen molar-refractivity contribution in [1.82, 2.24) is 24.0 Å². The van der Waals surface area contributed by atoms with Crippen LogP contribution < -0.4 is 0 Å². The molecule has 1 aliphatic rings. The van der Waals surface area contributed by atoms with Crippen molar-refractivity contribution in [3.05, 3.63) is 83.3 Å². The summed E-state index contributed by atoms with van der Waals surface area (Å²) in [5.74, 6) is -0.245. The molecule has 0 radical (unpaired) electrons. The first-order chi connectivity index (χ1) is 16.3. The zero-order chi connectivity index (χ0) is 23.9. The third-order valence-corrected chi connectivity index (χ3v) is 8.11. The van der Waals surface area contributed by atoms with Crippen LogP contribution in [0.2, 0.25) is 5.02 Å². The Kier molecular flexibility index (Phi) is 5.85. The van der Waals surface area contributed by atoms with Crippen LogP contribution >= 0.6 is 11.6 Å². The van der Waals surface area contributed by atoms with Crippen LogP contribution in [0.15, 0.2) is 71.9 Å². The molecule has 1 saturated heterocycles. The lowest BCUT2D eigenvalue weighted by molar-refractivity contribution is 0.0691. The first-order valence-corrected chi connectivity index (χ1v) is 12.6. The van der Waals surface area contributed by atoms with E-state index in [-0.39, 0.29) is 42.7 Å². The van der Waals surface area contributed by atoms with Gasteiger partial charge in [0.2, 0.25) is 10.0 Å². The molecule has 3 heterocycles. The summed E-state index contributed by atoms with van der Waals surface area (Å²) in [6, 6.07) is 16.0. The van der Waals surface area contributed by atoms with E-state index in [0.717, 1.165) is 10.9 Å². The van der Waals surface area contributed by atoms with E-state index in [2.05, 4.69) is 10.1 Å². The van der Waals surface area contributed by atoms with Crippen molar-refractivity contribution in [3.63, 3.8) is 0 Å². The molecule has 2 aromatic carbocycles. The zero-order valence-electron chi connectivity index (χ0n) is 18.4. The predicted octanol–water partition coefficient (Wildman–Crippen LogP) is 3.53. The van der Waals surface area contributed by atoms with Gasteiger partial charge in [-0.1, -0.05) is 35.9 Å². The third kappa shape index (κ3) is 4.06. The van der Waals surface area contributed by atoms with E-state index in [1.807, 2.05) is 37.3 Å². The number of rotatable bonds is 4. The first-order valence-electron chi connectivity index (χ1n) is 10.8. The fraction of sp³-hybridized carbons (Fsp3) is 0.208. The molecule has 0 aliphatic carbocycles. The Morgan fingerprint density at radius 2 is 1.76 bits per heavy atom. The number of fused-ring (bicyclic) bond motifs is 1. The molecule has 8 nitrogen and oxygen atoms in total. The summed E-state index contributed by atoms with van der Waals surface area (Å²) >= 11 is 6.23. The molecule has 4 aromatic rings. The number of sulfonamides is 1. The highest BCUT2D eigenvalue weighted by Crippen LogP contribution is 2.26. The van der Waals surface area contributed by atoms with Crippen molar-refractivity contribution in [2.24, 2.45) is 0 Å². The number of carbonyl (C=O) groups is 1. The Hall–Kier alpha value is -3.27. The van der Waals surface area contributed by atoms with Gasteiger partial charge in [-0.15, -0.1) is 0 Å². The van der Waals surface area contributed by atoms with Crippen molar-refractivity contribution >= 4 is 38.4 Å². The van der Waals surface area contributed by atoms with Gasteiger partial charge in [-0.2, -0.15) is 9.40 Å². The maximum Gasteiger partial charge on any atom is 0.274 e. The number of hydrogen-bond acceptors (Lipinski definition) is 5. The zero-order valence-corrected chi connectivity index (χ0v) is 20.0. The highest BCUT2D eigenvalue weighted by molar-refractivity contribution is 7.89. The van der Waals surface area contributed by atoms with Crippen LogP contribution in [-0.4, -0.2) is 64.5 Å². The Morgan fingerprint density at radius 3 is 2.53 bits per heavy atom. The molecular formula is C24H22ClN5O3S. The molecule has 0 unspecified atom stereocenters. The summed E-state index contributed by atoms with van der Waals surface area (Å²) in [6.45, 7) is 2.85. The Bertz CT molecular complexity index is 1490. The molecule has 0 atom stereocenters. The number of halogens is 1. The van der Waals surface area contributed by atoms with Crippen LogP contribution in [0.4, 0.5) is 0 Å². The standard InChI is InChI=1S/C24H22ClN5O3S/c1-17-15-18-5-4-8-22(23(18)26-16-17)34(32,33)29-13-11-28(12-14-29)24(31)20-9-10-30(27-20)21-7-3-2-6-19(21)25/h2-10,15-16H,11-14H2,1H3. The summed E-state index contributed by atoms with van der Waals surface area (Å²) < 4.78 is 29.7. The van der Waals surface area contributed by atoms with Crippen LogP contribution in [0.3, 0.4) is 0 Å². The second kappa shape index (κ2) is 8.83. The monoisotopic (exact) mass is 495 g/mol. The van der Waals surface area contributed by atoms with Gasteiger partial charge >= 0.3 is 0 Å². The van der Waals surface area contributed by atoms with Crippen LogP contribution in [0.25, 0.3) is 16.6 Å². The van der Waals surface area contributed by atoms with E-state index in [0.29, 0.717) is 16.2 Å². The van der Waals surface area contributed by atoms with Gasteiger partial charge in [0.05, 0.1) is 16.2 Å². The molecule has 0 saturated carbocycles. The number of carbonyl (C=O) groups excluding carboxylic acids is 1. The van der Waals surface area contributed by atoms with Crippen molar-refractivity contribution in [2.75, 3.05) is 26.2 Å². The Morgan fingerprint density at radius 1 is 1.00 bits per heavy atom. The van der Waals surface area contributed by atoms with Gasteiger partial charge < -0.3 is 4.90 Å². The summed E-state index contributed by atoms with van der Waals surface area (Å²) in [4.78, 5) is 19.2. The van der Waals surface area contributed by atoms with Gasteiger partial charge in [-0.05, 0) is 42.8 Å². The number of pyridine rings is 1. The normalized spacial score (nSPS) is 15.1. The third-order valence-electron chi connectivity index (χ3n) is 5.86. The number of amides is 1. The van der Waals surface area contributed by atoms with Gasteiger partial charge in [-0.25, -0.2) is 13.1 Å². The second-order valence-corrected chi connectivity index (χ2v) is 10.4. The van der Waals surface area contributed by atoms with Gasteiger partial charge in [0.15, 0.2) is 5.69 Å². The summed E-state index contributed by atoms with van der Waals surface area (Å²) in [5.41, 5.74) is 2.38. The highest BCUT2D eigenvalue weighted by Gasteiger charge is 2.32. The molecule has 5 rings (SSSR count). The second-order valence-electron chi connectivity index (χ2n) is 8.13. The number of aromatic nitrogens is 3. The molecular weight excluding hydrogens is 474 g/mol. The average Bonchev–Trinajstić information content (AvgIpc) is 3.33.